The third kappa shape index (κ3) is 4.05. The van der Waals surface area contributed by atoms with Gasteiger partial charge in [-0.1, -0.05) is 80.3 Å². The summed E-state index contributed by atoms with van der Waals surface area (Å²) in [6, 6.07) is 21.5. The summed E-state index contributed by atoms with van der Waals surface area (Å²) < 4.78 is 0. The molecule has 1 nitrogen and oxygen atoms in total. The summed E-state index contributed by atoms with van der Waals surface area (Å²) in [4.78, 5) is 0. The lowest BCUT2D eigenvalue weighted by molar-refractivity contribution is 0.151. The number of hydrogen-bond donors (Lipinski definition) is 1. The van der Waals surface area contributed by atoms with Crippen molar-refractivity contribution in [1.82, 2.24) is 0 Å². The Balaban J connectivity index is 2.32. The molecule has 2 aromatic carbocycles. The van der Waals surface area contributed by atoms with E-state index >= 15 is 0 Å². The third-order valence-electron chi connectivity index (χ3n) is 3.58. The standard InChI is InChI=1S/C18H24OSi/c1-20(2,3)14-17(15-10-6-4-7-11-15)18(19)16-12-8-5-9-13-16/h4-13,17-19H,14H2,1-3H3/t17-,18+/m0/s1. The van der Waals surface area contributed by atoms with Crippen molar-refractivity contribution in [3.63, 3.8) is 0 Å². The van der Waals surface area contributed by atoms with Gasteiger partial charge in [-0.25, -0.2) is 0 Å². The SMILES string of the molecule is C[Si](C)(C)C[C@@H](c1ccccc1)[C@H](O)c1ccccc1. The van der Waals surface area contributed by atoms with E-state index in [4.69, 9.17) is 0 Å². The highest BCUT2D eigenvalue weighted by Crippen LogP contribution is 2.37. The van der Waals surface area contributed by atoms with E-state index in [9.17, 15) is 5.11 Å². The largest absolute Gasteiger partial charge is 0.388 e. The minimum Gasteiger partial charge on any atom is -0.388 e. The Morgan fingerprint density at radius 1 is 0.800 bits per heavy atom. The Hall–Kier alpha value is -1.38. The maximum Gasteiger partial charge on any atom is 0.0855 e. The van der Waals surface area contributed by atoms with E-state index in [-0.39, 0.29) is 5.92 Å². The zero-order chi connectivity index (χ0) is 14.6. The van der Waals surface area contributed by atoms with Gasteiger partial charge >= 0.3 is 0 Å². The molecule has 0 unspecified atom stereocenters. The van der Waals surface area contributed by atoms with Crippen molar-refractivity contribution in [3.8, 4) is 0 Å². The van der Waals surface area contributed by atoms with Gasteiger partial charge in [0.2, 0.25) is 0 Å². The normalized spacial score (nSPS) is 14.8. The molecule has 2 atom stereocenters. The van der Waals surface area contributed by atoms with Crippen molar-refractivity contribution < 1.29 is 5.11 Å². The highest BCUT2D eigenvalue weighted by molar-refractivity contribution is 6.76. The smallest absolute Gasteiger partial charge is 0.0855 e. The highest BCUT2D eigenvalue weighted by atomic mass is 28.3. The molecule has 0 saturated carbocycles. The van der Waals surface area contributed by atoms with Crippen LogP contribution in [0.3, 0.4) is 0 Å². The predicted molar refractivity (Wildman–Crippen MR) is 88.7 cm³/mol. The van der Waals surface area contributed by atoms with Crippen molar-refractivity contribution >= 4 is 8.07 Å². The lowest BCUT2D eigenvalue weighted by Crippen LogP contribution is -2.26. The first kappa shape index (κ1) is 15.0. The molecule has 0 bridgehead atoms. The van der Waals surface area contributed by atoms with Crippen LogP contribution in [0.5, 0.6) is 0 Å². The van der Waals surface area contributed by atoms with E-state index in [1.807, 2.05) is 36.4 Å². The number of aliphatic hydroxyl groups is 1. The first-order valence-corrected chi connectivity index (χ1v) is 11.0. The zero-order valence-electron chi connectivity index (χ0n) is 12.6. The van der Waals surface area contributed by atoms with Gasteiger partial charge in [-0.3, -0.25) is 0 Å². The Morgan fingerprint density at radius 2 is 1.25 bits per heavy atom. The van der Waals surface area contributed by atoms with Gasteiger partial charge < -0.3 is 5.11 Å². The van der Waals surface area contributed by atoms with Crippen LogP contribution in [0, 0.1) is 0 Å². The second-order valence-corrected chi connectivity index (χ2v) is 12.2. The second kappa shape index (κ2) is 6.38. The van der Waals surface area contributed by atoms with Crippen LogP contribution in [0.25, 0.3) is 0 Å². The minimum absolute atomic E-state index is 0.185. The van der Waals surface area contributed by atoms with E-state index in [0.29, 0.717) is 0 Å². The second-order valence-electron chi connectivity index (χ2n) is 6.64. The molecule has 2 aromatic rings. The molecule has 0 aliphatic carbocycles. The van der Waals surface area contributed by atoms with E-state index in [1.165, 1.54) is 5.56 Å². The summed E-state index contributed by atoms with van der Waals surface area (Å²) in [5.74, 6) is 0.185. The Labute approximate surface area is 123 Å². The Morgan fingerprint density at radius 3 is 1.70 bits per heavy atom. The molecule has 1 N–H and O–H groups in total. The van der Waals surface area contributed by atoms with E-state index in [2.05, 4.69) is 43.9 Å². The van der Waals surface area contributed by atoms with Crippen molar-refractivity contribution in [1.29, 1.82) is 0 Å². The number of hydrogen-bond acceptors (Lipinski definition) is 1. The predicted octanol–water partition coefficient (Wildman–Crippen LogP) is 4.84. The lowest BCUT2D eigenvalue weighted by Gasteiger charge is -2.29. The lowest BCUT2D eigenvalue weighted by atomic mass is 9.90. The van der Waals surface area contributed by atoms with Crippen molar-refractivity contribution in [2.24, 2.45) is 0 Å². The highest BCUT2D eigenvalue weighted by Gasteiger charge is 2.28. The molecule has 2 heteroatoms. The summed E-state index contributed by atoms with van der Waals surface area (Å²) in [5, 5.41) is 10.8. The molecule has 0 spiro atoms. The molecule has 2 rings (SSSR count). The molecular weight excluding hydrogens is 260 g/mol. The van der Waals surface area contributed by atoms with Crippen LogP contribution in [0.2, 0.25) is 25.7 Å². The van der Waals surface area contributed by atoms with E-state index in [0.717, 1.165) is 11.6 Å². The molecule has 0 amide bonds. The Bertz CT molecular complexity index is 516. The summed E-state index contributed by atoms with van der Waals surface area (Å²) in [5.41, 5.74) is 2.26. The summed E-state index contributed by atoms with van der Waals surface area (Å²) in [7, 11) is -1.26. The molecule has 106 valence electrons. The number of benzene rings is 2. The van der Waals surface area contributed by atoms with Crippen LogP contribution in [-0.4, -0.2) is 13.2 Å². The molecule has 20 heavy (non-hydrogen) atoms. The molecular formula is C18H24OSi. The first-order valence-electron chi connectivity index (χ1n) is 7.25. The third-order valence-corrected chi connectivity index (χ3v) is 5.25. The van der Waals surface area contributed by atoms with Crippen LogP contribution >= 0.6 is 0 Å². The maximum atomic E-state index is 10.8. The molecule has 0 aliphatic heterocycles. The quantitative estimate of drug-likeness (QED) is 0.779. The fourth-order valence-electron chi connectivity index (χ4n) is 2.65. The minimum atomic E-state index is -1.26. The van der Waals surface area contributed by atoms with Crippen LogP contribution in [0.15, 0.2) is 60.7 Å². The van der Waals surface area contributed by atoms with Gasteiger partial charge in [0.1, 0.15) is 0 Å². The fourth-order valence-corrected chi connectivity index (χ4v) is 4.43. The molecule has 0 radical (unpaired) electrons. The van der Waals surface area contributed by atoms with Gasteiger partial charge in [0, 0.05) is 14.0 Å². The average Bonchev–Trinajstić information content (AvgIpc) is 2.45. The van der Waals surface area contributed by atoms with Gasteiger partial charge in [0.15, 0.2) is 0 Å². The van der Waals surface area contributed by atoms with Crippen LogP contribution in [-0.2, 0) is 0 Å². The molecule has 0 aromatic heterocycles. The molecule has 0 heterocycles. The van der Waals surface area contributed by atoms with Crippen LogP contribution in [0.4, 0.5) is 0 Å². The average molecular weight is 284 g/mol. The van der Waals surface area contributed by atoms with Crippen molar-refractivity contribution in [2.45, 2.75) is 37.7 Å². The monoisotopic (exact) mass is 284 g/mol. The fraction of sp³-hybridized carbons (Fsp3) is 0.333. The van der Waals surface area contributed by atoms with Gasteiger partial charge in [-0.05, 0) is 17.2 Å². The van der Waals surface area contributed by atoms with Crippen LogP contribution in [0.1, 0.15) is 23.1 Å². The maximum absolute atomic E-state index is 10.8. The first-order chi connectivity index (χ1) is 9.47. The topological polar surface area (TPSA) is 20.2 Å². The van der Waals surface area contributed by atoms with Crippen molar-refractivity contribution in [2.75, 3.05) is 0 Å². The summed E-state index contributed by atoms with van der Waals surface area (Å²) in [6.45, 7) is 7.09. The molecule has 0 fully saturated rings. The molecule has 0 saturated heterocycles. The van der Waals surface area contributed by atoms with Gasteiger partial charge in [-0.2, -0.15) is 0 Å². The number of rotatable bonds is 5. The summed E-state index contributed by atoms with van der Waals surface area (Å²) >= 11 is 0. The van der Waals surface area contributed by atoms with E-state index in [1.54, 1.807) is 0 Å². The van der Waals surface area contributed by atoms with Crippen molar-refractivity contribution in [3.05, 3.63) is 71.8 Å². The van der Waals surface area contributed by atoms with Gasteiger partial charge in [-0.15, -0.1) is 0 Å². The molecule has 0 aliphatic rings. The van der Waals surface area contributed by atoms with E-state index < -0.39 is 14.2 Å². The zero-order valence-corrected chi connectivity index (χ0v) is 13.6. The Kier molecular flexibility index (Phi) is 4.79. The van der Waals surface area contributed by atoms with Gasteiger partial charge in [0.05, 0.1) is 6.10 Å². The summed E-state index contributed by atoms with van der Waals surface area (Å²) in [6.07, 6.45) is -0.426. The van der Waals surface area contributed by atoms with Gasteiger partial charge in [0.25, 0.3) is 0 Å². The van der Waals surface area contributed by atoms with Crippen LogP contribution < -0.4 is 0 Å². The number of aliphatic hydroxyl groups excluding tert-OH is 1.